The van der Waals surface area contributed by atoms with E-state index in [-0.39, 0.29) is 18.0 Å². The third kappa shape index (κ3) is 3.44. The van der Waals surface area contributed by atoms with Crippen molar-refractivity contribution in [1.82, 2.24) is 4.31 Å². The van der Waals surface area contributed by atoms with Crippen molar-refractivity contribution >= 4 is 10.0 Å². The van der Waals surface area contributed by atoms with E-state index in [2.05, 4.69) is 0 Å². The molecule has 1 aliphatic carbocycles. The van der Waals surface area contributed by atoms with E-state index in [0.717, 1.165) is 6.42 Å². The molecule has 2 rings (SSSR count). The highest BCUT2D eigenvalue weighted by molar-refractivity contribution is 7.89. The molecule has 2 N–H and O–H groups in total. The number of hydrogen-bond acceptors (Lipinski definition) is 4. The van der Waals surface area contributed by atoms with Crippen LogP contribution in [-0.4, -0.2) is 50.3 Å². The lowest BCUT2D eigenvalue weighted by Gasteiger charge is -2.36. The van der Waals surface area contributed by atoms with E-state index in [0.29, 0.717) is 25.6 Å². The second kappa shape index (κ2) is 5.86. The maximum atomic E-state index is 12.3. The highest BCUT2D eigenvalue weighted by atomic mass is 32.2. The molecular weight excluding hydrogens is 252 g/mol. The van der Waals surface area contributed by atoms with Crippen LogP contribution in [0, 0.1) is 5.92 Å². The fourth-order valence-electron chi connectivity index (χ4n) is 2.59. The van der Waals surface area contributed by atoms with Crippen molar-refractivity contribution in [2.24, 2.45) is 11.7 Å². The van der Waals surface area contributed by atoms with E-state index in [1.165, 1.54) is 19.3 Å². The van der Waals surface area contributed by atoms with Gasteiger partial charge in [0.05, 0.1) is 18.0 Å². The van der Waals surface area contributed by atoms with Crippen LogP contribution in [0.4, 0.5) is 0 Å². The van der Waals surface area contributed by atoms with E-state index < -0.39 is 10.0 Å². The summed E-state index contributed by atoms with van der Waals surface area (Å²) in [4.78, 5) is 0. The molecule has 18 heavy (non-hydrogen) atoms. The summed E-state index contributed by atoms with van der Waals surface area (Å²) in [5, 5.41) is 0. The zero-order valence-corrected chi connectivity index (χ0v) is 11.9. The SMILES string of the molecule is CC1CN(S(=O)(=O)CCC2CCC2)CC(CN)O1. The summed E-state index contributed by atoms with van der Waals surface area (Å²) in [5.41, 5.74) is 5.58. The molecule has 0 amide bonds. The van der Waals surface area contributed by atoms with Gasteiger partial charge in [-0.3, -0.25) is 0 Å². The van der Waals surface area contributed by atoms with Gasteiger partial charge in [-0.05, 0) is 19.3 Å². The lowest BCUT2D eigenvalue weighted by atomic mass is 9.84. The second-order valence-electron chi connectivity index (χ2n) is 5.52. The molecule has 1 aliphatic heterocycles. The van der Waals surface area contributed by atoms with Crippen LogP contribution in [-0.2, 0) is 14.8 Å². The van der Waals surface area contributed by atoms with Crippen molar-refractivity contribution in [2.75, 3.05) is 25.4 Å². The minimum absolute atomic E-state index is 0.0641. The molecule has 0 bridgehead atoms. The lowest BCUT2D eigenvalue weighted by molar-refractivity contribution is -0.0486. The quantitative estimate of drug-likeness (QED) is 0.796. The highest BCUT2D eigenvalue weighted by Gasteiger charge is 2.32. The van der Waals surface area contributed by atoms with Crippen LogP contribution >= 0.6 is 0 Å². The predicted molar refractivity (Wildman–Crippen MR) is 70.7 cm³/mol. The van der Waals surface area contributed by atoms with Gasteiger partial charge in [0.2, 0.25) is 10.0 Å². The third-order valence-electron chi connectivity index (χ3n) is 3.96. The number of sulfonamides is 1. The lowest BCUT2D eigenvalue weighted by Crippen LogP contribution is -2.51. The second-order valence-corrected chi connectivity index (χ2v) is 7.61. The molecule has 0 aromatic rings. The van der Waals surface area contributed by atoms with Gasteiger partial charge in [0.1, 0.15) is 0 Å². The minimum Gasteiger partial charge on any atom is -0.371 e. The predicted octanol–water partition coefficient (Wildman–Crippen LogP) is 0.554. The molecule has 2 fully saturated rings. The van der Waals surface area contributed by atoms with Gasteiger partial charge in [-0.2, -0.15) is 4.31 Å². The van der Waals surface area contributed by atoms with Gasteiger partial charge in [-0.25, -0.2) is 8.42 Å². The Morgan fingerprint density at radius 3 is 2.61 bits per heavy atom. The first-order chi connectivity index (χ1) is 8.51. The molecule has 2 atom stereocenters. The van der Waals surface area contributed by atoms with Crippen LogP contribution in [0.25, 0.3) is 0 Å². The zero-order chi connectivity index (χ0) is 13.2. The van der Waals surface area contributed by atoms with E-state index in [4.69, 9.17) is 10.5 Å². The largest absolute Gasteiger partial charge is 0.371 e. The van der Waals surface area contributed by atoms with Crippen molar-refractivity contribution in [3.63, 3.8) is 0 Å². The Balaban J connectivity index is 1.90. The minimum atomic E-state index is -3.13. The Bertz CT molecular complexity index is 368. The maximum Gasteiger partial charge on any atom is 0.214 e. The molecule has 0 aromatic heterocycles. The molecule has 1 saturated heterocycles. The van der Waals surface area contributed by atoms with Crippen molar-refractivity contribution in [3.05, 3.63) is 0 Å². The topological polar surface area (TPSA) is 72.6 Å². The van der Waals surface area contributed by atoms with Gasteiger partial charge in [0.15, 0.2) is 0 Å². The molecule has 6 heteroatoms. The van der Waals surface area contributed by atoms with Crippen LogP contribution < -0.4 is 5.73 Å². The van der Waals surface area contributed by atoms with Crippen LogP contribution in [0.1, 0.15) is 32.6 Å². The highest BCUT2D eigenvalue weighted by Crippen LogP contribution is 2.30. The molecule has 5 nitrogen and oxygen atoms in total. The van der Waals surface area contributed by atoms with Crippen molar-refractivity contribution in [1.29, 1.82) is 0 Å². The van der Waals surface area contributed by atoms with Gasteiger partial charge < -0.3 is 10.5 Å². The standard InChI is InChI=1S/C12H24N2O3S/c1-10-8-14(9-12(7-13)17-10)18(15,16)6-5-11-3-2-4-11/h10-12H,2-9,13H2,1H3. The first kappa shape index (κ1) is 14.2. The van der Waals surface area contributed by atoms with Gasteiger partial charge in [-0.15, -0.1) is 0 Å². The average molecular weight is 276 g/mol. The van der Waals surface area contributed by atoms with Crippen molar-refractivity contribution in [3.8, 4) is 0 Å². The number of nitrogens with two attached hydrogens (primary N) is 1. The van der Waals surface area contributed by atoms with Crippen molar-refractivity contribution in [2.45, 2.75) is 44.8 Å². The average Bonchev–Trinajstić information content (AvgIpc) is 2.26. The number of hydrogen-bond donors (Lipinski definition) is 1. The number of nitrogens with zero attached hydrogens (tertiary/aromatic N) is 1. The fraction of sp³-hybridized carbons (Fsp3) is 1.00. The van der Waals surface area contributed by atoms with Crippen LogP contribution in [0.2, 0.25) is 0 Å². The third-order valence-corrected chi connectivity index (χ3v) is 5.79. The Kier molecular flexibility index (Phi) is 4.64. The summed E-state index contributed by atoms with van der Waals surface area (Å²) >= 11 is 0. The Morgan fingerprint density at radius 2 is 2.06 bits per heavy atom. The van der Waals surface area contributed by atoms with Gasteiger partial charge in [-0.1, -0.05) is 19.3 Å². The number of ether oxygens (including phenoxy) is 1. The molecule has 1 saturated carbocycles. The van der Waals surface area contributed by atoms with E-state index in [1.54, 1.807) is 4.31 Å². The first-order valence-corrected chi connectivity index (χ1v) is 8.45. The van der Waals surface area contributed by atoms with Crippen LogP contribution in [0.5, 0.6) is 0 Å². The smallest absolute Gasteiger partial charge is 0.214 e. The number of rotatable bonds is 5. The van der Waals surface area contributed by atoms with Crippen molar-refractivity contribution < 1.29 is 13.2 Å². The van der Waals surface area contributed by atoms with Gasteiger partial charge in [0.25, 0.3) is 0 Å². The van der Waals surface area contributed by atoms with E-state index in [9.17, 15) is 8.42 Å². The Morgan fingerprint density at radius 1 is 1.33 bits per heavy atom. The summed E-state index contributed by atoms with van der Waals surface area (Å²) in [5.74, 6) is 0.908. The van der Waals surface area contributed by atoms with Crippen LogP contribution in [0.3, 0.4) is 0 Å². The normalized spacial score (nSPS) is 31.2. The molecule has 1 heterocycles. The molecule has 0 aromatic carbocycles. The van der Waals surface area contributed by atoms with E-state index >= 15 is 0 Å². The van der Waals surface area contributed by atoms with E-state index in [1.807, 2.05) is 6.92 Å². The molecule has 0 spiro atoms. The molecular formula is C12H24N2O3S. The summed E-state index contributed by atoms with van der Waals surface area (Å²) in [7, 11) is -3.13. The maximum absolute atomic E-state index is 12.3. The fourth-order valence-corrected chi connectivity index (χ4v) is 4.31. The zero-order valence-electron chi connectivity index (χ0n) is 11.0. The molecule has 0 radical (unpaired) electrons. The number of morpholine rings is 1. The van der Waals surface area contributed by atoms with Crippen LogP contribution in [0.15, 0.2) is 0 Å². The Labute approximate surface area is 110 Å². The summed E-state index contributed by atoms with van der Waals surface area (Å²) in [6.07, 6.45) is 4.23. The summed E-state index contributed by atoms with van der Waals surface area (Å²) in [6.45, 7) is 3.15. The summed E-state index contributed by atoms with van der Waals surface area (Å²) < 4.78 is 31.7. The Hall–Kier alpha value is -0.170. The monoisotopic (exact) mass is 276 g/mol. The molecule has 2 unspecified atom stereocenters. The first-order valence-electron chi connectivity index (χ1n) is 6.84. The van der Waals surface area contributed by atoms with Gasteiger partial charge >= 0.3 is 0 Å². The molecule has 2 aliphatic rings. The molecule has 106 valence electrons. The van der Waals surface area contributed by atoms with Gasteiger partial charge in [0, 0.05) is 19.6 Å². The summed E-state index contributed by atoms with van der Waals surface area (Å²) in [6, 6.07) is 0.